The lowest BCUT2D eigenvalue weighted by atomic mass is 9.69. The first-order valence-corrected chi connectivity index (χ1v) is 5.65. The summed E-state index contributed by atoms with van der Waals surface area (Å²) in [4.78, 5) is 11.5. The van der Waals surface area contributed by atoms with Crippen molar-refractivity contribution >= 4 is 5.97 Å². The Labute approximate surface area is 94.1 Å². The van der Waals surface area contributed by atoms with Gasteiger partial charge in [-0.05, 0) is 30.5 Å². The van der Waals surface area contributed by atoms with Crippen molar-refractivity contribution in [2.45, 2.75) is 37.5 Å². The van der Waals surface area contributed by atoms with E-state index in [1.54, 1.807) is 12.1 Å². The second-order valence-corrected chi connectivity index (χ2v) is 4.45. The molecule has 0 aliphatic heterocycles. The van der Waals surface area contributed by atoms with E-state index >= 15 is 0 Å². The Balaban J connectivity index is 2.38. The van der Waals surface area contributed by atoms with E-state index in [9.17, 15) is 14.3 Å². The largest absolute Gasteiger partial charge is 0.481 e. The molecule has 0 bridgehead atoms. The van der Waals surface area contributed by atoms with E-state index in [1.807, 2.05) is 0 Å². The zero-order valence-corrected chi connectivity index (χ0v) is 9.08. The van der Waals surface area contributed by atoms with Gasteiger partial charge in [-0.15, -0.1) is 0 Å². The predicted octanol–water partition coefficient (Wildman–Crippen LogP) is 3.11. The first-order valence-electron chi connectivity index (χ1n) is 5.65. The van der Waals surface area contributed by atoms with Gasteiger partial charge in [0.2, 0.25) is 0 Å². The summed E-state index contributed by atoms with van der Waals surface area (Å²) in [7, 11) is 0. The van der Waals surface area contributed by atoms with E-state index < -0.39 is 11.4 Å². The van der Waals surface area contributed by atoms with Gasteiger partial charge in [0, 0.05) is 0 Å². The summed E-state index contributed by atoms with van der Waals surface area (Å²) in [6.45, 7) is 0. The first kappa shape index (κ1) is 11.1. The van der Waals surface area contributed by atoms with Crippen LogP contribution in [-0.2, 0) is 10.2 Å². The average molecular weight is 222 g/mol. The molecule has 1 aliphatic carbocycles. The fourth-order valence-electron chi connectivity index (χ4n) is 2.55. The molecule has 1 aromatic carbocycles. The van der Waals surface area contributed by atoms with Gasteiger partial charge in [-0.25, -0.2) is 4.39 Å². The molecule has 86 valence electrons. The molecule has 1 aromatic rings. The number of rotatable bonds is 2. The molecular formula is C13H15FO2. The maximum absolute atomic E-state index is 12.8. The molecular weight excluding hydrogens is 207 g/mol. The monoisotopic (exact) mass is 222 g/mol. The van der Waals surface area contributed by atoms with Crippen molar-refractivity contribution in [3.8, 4) is 0 Å². The Kier molecular flexibility index (Phi) is 2.95. The molecule has 0 unspecified atom stereocenters. The van der Waals surface area contributed by atoms with Crippen LogP contribution in [-0.4, -0.2) is 11.1 Å². The standard InChI is InChI=1S/C13H15FO2/c14-11-6-4-10(5-7-11)13(12(15)16)8-2-1-3-9-13/h4-7H,1-3,8-9H2,(H,15,16). The molecule has 1 saturated carbocycles. The molecule has 3 heteroatoms. The van der Waals surface area contributed by atoms with E-state index in [4.69, 9.17) is 0 Å². The molecule has 1 fully saturated rings. The van der Waals surface area contributed by atoms with Crippen LogP contribution in [0.15, 0.2) is 24.3 Å². The fourth-order valence-corrected chi connectivity index (χ4v) is 2.55. The summed E-state index contributed by atoms with van der Waals surface area (Å²) in [5.41, 5.74) is -0.0486. The molecule has 2 nitrogen and oxygen atoms in total. The molecule has 0 atom stereocenters. The minimum absolute atomic E-state index is 0.319. The molecule has 0 aromatic heterocycles. The second-order valence-electron chi connectivity index (χ2n) is 4.45. The number of benzene rings is 1. The van der Waals surface area contributed by atoms with Gasteiger partial charge in [0.15, 0.2) is 0 Å². The van der Waals surface area contributed by atoms with E-state index in [2.05, 4.69) is 0 Å². The van der Waals surface area contributed by atoms with Gasteiger partial charge < -0.3 is 5.11 Å². The molecule has 0 radical (unpaired) electrons. The Bertz CT molecular complexity index is 377. The molecule has 2 rings (SSSR count). The molecule has 1 N–H and O–H groups in total. The predicted molar refractivity (Wildman–Crippen MR) is 58.8 cm³/mol. The minimum Gasteiger partial charge on any atom is -0.481 e. The van der Waals surface area contributed by atoms with Crippen LogP contribution in [0, 0.1) is 5.82 Å². The molecule has 0 saturated heterocycles. The third-order valence-corrected chi connectivity index (χ3v) is 3.51. The lowest BCUT2D eigenvalue weighted by molar-refractivity contribution is -0.145. The summed E-state index contributed by atoms with van der Waals surface area (Å²) in [6, 6.07) is 5.90. The van der Waals surface area contributed by atoms with E-state index in [0.717, 1.165) is 24.8 Å². The van der Waals surface area contributed by atoms with E-state index in [-0.39, 0.29) is 5.82 Å². The van der Waals surface area contributed by atoms with Crippen molar-refractivity contribution in [1.29, 1.82) is 0 Å². The fraction of sp³-hybridized carbons (Fsp3) is 0.462. The smallest absolute Gasteiger partial charge is 0.314 e. The number of carboxylic acids is 1. The Hall–Kier alpha value is -1.38. The maximum atomic E-state index is 12.8. The van der Waals surface area contributed by atoms with Gasteiger partial charge in [0.05, 0.1) is 5.41 Å². The van der Waals surface area contributed by atoms with Crippen LogP contribution in [0.4, 0.5) is 4.39 Å². The van der Waals surface area contributed by atoms with E-state index in [1.165, 1.54) is 12.1 Å². The molecule has 16 heavy (non-hydrogen) atoms. The summed E-state index contributed by atoms with van der Waals surface area (Å²) >= 11 is 0. The van der Waals surface area contributed by atoms with Gasteiger partial charge >= 0.3 is 5.97 Å². The number of halogens is 1. The van der Waals surface area contributed by atoms with Gasteiger partial charge in [0.1, 0.15) is 5.82 Å². The van der Waals surface area contributed by atoms with Crippen LogP contribution in [0.5, 0.6) is 0 Å². The van der Waals surface area contributed by atoms with Crippen molar-refractivity contribution in [3.05, 3.63) is 35.6 Å². The number of carboxylic acid groups (broad SMARTS) is 1. The van der Waals surface area contributed by atoms with Gasteiger partial charge in [-0.3, -0.25) is 4.79 Å². The second kappa shape index (κ2) is 4.24. The van der Waals surface area contributed by atoms with Crippen molar-refractivity contribution in [3.63, 3.8) is 0 Å². The highest BCUT2D eigenvalue weighted by molar-refractivity contribution is 5.81. The molecule has 0 heterocycles. The van der Waals surface area contributed by atoms with Gasteiger partial charge in [-0.2, -0.15) is 0 Å². The van der Waals surface area contributed by atoms with Gasteiger partial charge in [-0.1, -0.05) is 31.4 Å². The quantitative estimate of drug-likeness (QED) is 0.834. The molecule has 1 aliphatic rings. The van der Waals surface area contributed by atoms with Crippen LogP contribution >= 0.6 is 0 Å². The third kappa shape index (κ3) is 1.82. The highest BCUT2D eigenvalue weighted by Crippen LogP contribution is 2.39. The van der Waals surface area contributed by atoms with Crippen LogP contribution in [0.25, 0.3) is 0 Å². The maximum Gasteiger partial charge on any atom is 0.314 e. The lowest BCUT2D eigenvalue weighted by Gasteiger charge is -2.33. The number of carbonyl (C=O) groups is 1. The zero-order chi connectivity index (χ0) is 11.6. The molecule has 0 amide bonds. The van der Waals surface area contributed by atoms with E-state index in [0.29, 0.717) is 12.8 Å². The lowest BCUT2D eigenvalue weighted by Crippen LogP contribution is -2.37. The van der Waals surface area contributed by atoms with Crippen molar-refractivity contribution in [2.75, 3.05) is 0 Å². The Morgan fingerprint density at radius 3 is 2.19 bits per heavy atom. The SMILES string of the molecule is O=C(O)C1(c2ccc(F)cc2)CCCCC1. The summed E-state index contributed by atoms with van der Waals surface area (Å²) < 4.78 is 12.8. The highest BCUT2D eigenvalue weighted by Gasteiger charge is 2.41. The normalized spacial score (nSPS) is 19.3. The summed E-state index contributed by atoms with van der Waals surface area (Å²) in [5, 5.41) is 9.42. The van der Waals surface area contributed by atoms with Crippen LogP contribution < -0.4 is 0 Å². The van der Waals surface area contributed by atoms with Crippen molar-refractivity contribution in [1.82, 2.24) is 0 Å². The number of hydrogen-bond donors (Lipinski definition) is 1. The van der Waals surface area contributed by atoms with Crippen molar-refractivity contribution < 1.29 is 14.3 Å². The first-order chi connectivity index (χ1) is 7.65. The third-order valence-electron chi connectivity index (χ3n) is 3.51. The average Bonchev–Trinajstić information content (AvgIpc) is 2.30. The van der Waals surface area contributed by atoms with Crippen molar-refractivity contribution in [2.24, 2.45) is 0 Å². The summed E-state index contributed by atoms with van der Waals surface area (Å²) in [5.74, 6) is -1.10. The van der Waals surface area contributed by atoms with Crippen LogP contribution in [0.3, 0.4) is 0 Å². The minimum atomic E-state index is -0.786. The van der Waals surface area contributed by atoms with Crippen LogP contribution in [0.2, 0.25) is 0 Å². The Morgan fingerprint density at radius 2 is 1.69 bits per heavy atom. The zero-order valence-electron chi connectivity index (χ0n) is 9.08. The number of hydrogen-bond acceptors (Lipinski definition) is 1. The number of aliphatic carboxylic acids is 1. The highest BCUT2D eigenvalue weighted by atomic mass is 19.1. The summed E-state index contributed by atoms with van der Waals surface area (Å²) in [6.07, 6.45) is 4.28. The van der Waals surface area contributed by atoms with Gasteiger partial charge in [0.25, 0.3) is 0 Å². The molecule has 0 spiro atoms. The topological polar surface area (TPSA) is 37.3 Å². The van der Waals surface area contributed by atoms with Crippen LogP contribution in [0.1, 0.15) is 37.7 Å². The Morgan fingerprint density at radius 1 is 1.12 bits per heavy atom.